The maximum atomic E-state index is 12.9. The van der Waals surface area contributed by atoms with Crippen LogP contribution in [0.5, 0.6) is 23.0 Å². The number of Topliss-reactive ketones (excluding diaryl/α,β-unsaturated/α-hetero) is 1. The van der Waals surface area contributed by atoms with Crippen molar-refractivity contribution in [2.75, 3.05) is 13.7 Å². The van der Waals surface area contributed by atoms with Crippen molar-refractivity contribution < 1.29 is 33.6 Å². The predicted molar refractivity (Wildman–Crippen MR) is 129 cm³/mol. The monoisotopic (exact) mass is 479 g/mol. The smallest absolute Gasteiger partial charge is 0.309 e. The zero-order chi connectivity index (χ0) is 25.2. The molecular weight excluding hydrogens is 450 g/mol. The van der Waals surface area contributed by atoms with Gasteiger partial charge in [0.2, 0.25) is 0 Å². The first-order chi connectivity index (χ1) is 16.9. The second-order valence-corrected chi connectivity index (χ2v) is 7.97. The van der Waals surface area contributed by atoms with Gasteiger partial charge in [-0.15, -0.1) is 0 Å². The lowest BCUT2D eigenvalue weighted by molar-refractivity contribution is -0.160. The second-order valence-electron chi connectivity index (χ2n) is 7.97. The summed E-state index contributed by atoms with van der Waals surface area (Å²) in [6, 6.07) is 19.8. The van der Waals surface area contributed by atoms with E-state index in [9.17, 15) is 14.7 Å². The van der Waals surface area contributed by atoms with E-state index in [2.05, 4.69) is 4.98 Å². The van der Waals surface area contributed by atoms with Crippen LogP contribution in [-0.2, 0) is 9.53 Å². The van der Waals surface area contributed by atoms with Crippen LogP contribution in [0, 0.1) is 5.92 Å². The number of hydrogen-bond donors (Lipinski definition) is 1. The Bertz CT molecular complexity index is 1110. The number of carbonyl (C=O) groups excluding carboxylic acids is 2. The number of carbonyl (C=O) groups is 2. The lowest BCUT2D eigenvalue weighted by Crippen LogP contribution is -2.39. The highest BCUT2D eigenvalue weighted by molar-refractivity contribution is 5.99. The van der Waals surface area contributed by atoms with Crippen LogP contribution in [0.1, 0.15) is 30.8 Å². The van der Waals surface area contributed by atoms with Gasteiger partial charge in [0.05, 0.1) is 13.0 Å². The van der Waals surface area contributed by atoms with Gasteiger partial charge in [-0.25, -0.2) is 4.98 Å². The van der Waals surface area contributed by atoms with Crippen LogP contribution >= 0.6 is 0 Å². The average molecular weight is 480 g/mol. The molecule has 3 atom stereocenters. The summed E-state index contributed by atoms with van der Waals surface area (Å²) in [7, 11) is 1.37. The summed E-state index contributed by atoms with van der Waals surface area (Å²) >= 11 is 0. The average Bonchev–Trinajstić information content (AvgIpc) is 2.87. The zero-order valence-electron chi connectivity index (χ0n) is 19.9. The number of benzene rings is 2. The molecule has 8 heteroatoms. The second kappa shape index (κ2) is 12.4. The normalized spacial score (nSPS) is 13.2. The Morgan fingerprint density at radius 1 is 0.943 bits per heavy atom. The molecule has 0 aliphatic heterocycles. The van der Waals surface area contributed by atoms with E-state index < -0.39 is 29.9 Å². The van der Waals surface area contributed by atoms with Crippen molar-refractivity contribution in [2.45, 2.75) is 32.5 Å². The number of aromatic nitrogens is 1. The fourth-order valence-electron chi connectivity index (χ4n) is 3.28. The van der Waals surface area contributed by atoms with Crippen molar-refractivity contribution >= 4 is 11.8 Å². The number of pyridine rings is 1. The van der Waals surface area contributed by atoms with E-state index in [4.69, 9.17) is 18.9 Å². The number of aromatic hydroxyl groups is 1. The summed E-state index contributed by atoms with van der Waals surface area (Å²) in [4.78, 5) is 29.5. The molecule has 184 valence electrons. The van der Waals surface area contributed by atoms with E-state index in [1.807, 2.05) is 48.5 Å². The summed E-state index contributed by atoms with van der Waals surface area (Å²) in [5.41, 5.74) is -0.159. The minimum Gasteiger partial charge on any atom is -0.503 e. The van der Waals surface area contributed by atoms with Crippen molar-refractivity contribution in [1.82, 2.24) is 4.98 Å². The summed E-state index contributed by atoms with van der Waals surface area (Å²) in [6.07, 6.45) is -0.123. The number of ketones is 1. The molecule has 0 aliphatic carbocycles. The SMILES string of the molecule is COc1ccnc(C(=O)C[C@@H](C)C(=O)O[C@H](COc2ccccc2)[C@H](C)Oc2ccccc2)c1O. The van der Waals surface area contributed by atoms with Crippen molar-refractivity contribution in [3.8, 4) is 23.0 Å². The molecule has 0 unspecified atom stereocenters. The van der Waals surface area contributed by atoms with Crippen LogP contribution in [0.4, 0.5) is 0 Å². The number of methoxy groups -OCH3 is 1. The first-order valence-electron chi connectivity index (χ1n) is 11.2. The van der Waals surface area contributed by atoms with Gasteiger partial charge in [-0.3, -0.25) is 9.59 Å². The van der Waals surface area contributed by atoms with Crippen molar-refractivity contribution in [1.29, 1.82) is 0 Å². The molecule has 0 radical (unpaired) electrons. The lowest BCUT2D eigenvalue weighted by atomic mass is 10.0. The van der Waals surface area contributed by atoms with E-state index in [1.54, 1.807) is 26.0 Å². The standard InChI is InChI=1S/C27H29NO7/c1-18(16-22(29)25-26(30)23(32-3)14-15-28-25)27(31)35-24(17-33-20-10-6-4-7-11-20)19(2)34-21-12-8-5-9-13-21/h4-15,18-19,24,30H,16-17H2,1-3H3/t18-,19+,24-/m1/s1. The lowest BCUT2D eigenvalue weighted by Gasteiger charge is -2.26. The molecule has 2 aromatic carbocycles. The number of esters is 1. The fraction of sp³-hybridized carbons (Fsp3) is 0.296. The Hall–Kier alpha value is -4.07. The first kappa shape index (κ1) is 25.6. The zero-order valence-corrected chi connectivity index (χ0v) is 19.9. The Morgan fingerprint density at radius 3 is 2.20 bits per heavy atom. The number of nitrogens with zero attached hydrogens (tertiary/aromatic N) is 1. The van der Waals surface area contributed by atoms with Gasteiger partial charge in [0.1, 0.15) is 24.2 Å². The highest BCUT2D eigenvalue weighted by atomic mass is 16.6. The van der Waals surface area contributed by atoms with Gasteiger partial charge < -0.3 is 24.1 Å². The van der Waals surface area contributed by atoms with Gasteiger partial charge in [-0.05, 0) is 31.2 Å². The molecule has 0 saturated carbocycles. The van der Waals surface area contributed by atoms with Gasteiger partial charge in [0.15, 0.2) is 29.1 Å². The molecule has 0 spiro atoms. The van der Waals surface area contributed by atoms with Crippen LogP contribution in [0.15, 0.2) is 72.9 Å². The molecule has 0 bridgehead atoms. The Labute approximate surface area is 204 Å². The number of rotatable bonds is 12. The van der Waals surface area contributed by atoms with Gasteiger partial charge in [-0.1, -0.05) is 43.3 Å². The summed E-state index contributed by atoms with van der Waals surface area (Å²) in [5, 5.41) is 10.2. The van der Waals surface area contributed by atoms with Crippen LogP contribution in [0.2, 0.25) is 0 Å². The molecule has 3 rings (SSSR count). The summed E-state index contributed by atoms with van der Waals surface area (Å²) < 4.78 is 22.5. The van der Waals surface area contributed by atoms with Crippen LogP contribution < -0.4 is 14.2 Å². The molecule has 35 heavy (non-hydrogen) atoms. The predicted octanol–water partition coefficient (Wildman–Crippen LogP) is 4.46. The fourth-order valence-corrected chi connectivity index (χ4v) is 3.28. The van der Waals surface area contributed by atoms with Gasteiger partial charge >= 0.3 is 5.97 Å². The largest absolute Gasteiger partial charge is 0.503 e. The van der Waals surface area contributed by atoms with Gasteiger partial charge in [-0.2, -0.15) is 0 Å². The van der Waals surface area contributed by atoms with Crippen LogP contribution in [0.25, 0.3) is 0 Å². The molecule has 0 saturated heterocycles. The topological polar surface area (TPSA) is 104 Å². The minimum absolute atomic E-state index is 0.0582. The quantitative estimate of drug-likeness (QED) is 0.300. The third-order valence-electron chi connectivity index (χ3n) is 5.28. The van der Waals surface area contributed by atoms with Crippen molar-refractivity contribution in [3.63, 3.8) is 0 Å². The van der Waals surface area contributed by atoms with E-state index in [0.29, 0.717) is 11.5 Å². The van der Waals surface area contributed by atoms with Crippen molar-refractivity contribution in [2.24, 2.45) is 5.92 Å². The maximum Gasteiger partial charge on any atom is 0.309 e. The molecule has 0 fully saturated rings. The van der Waals surface area contributed by atoms with Gasteiger partial charge in [0.25, 0.3) is 0 Å². The summed E-state index contributed by atoms with van der Waals surface area (Å²) in [6.45, 7) is 3.42. The summed E-state index contributed by atoms with van der Waals surface area (Å²) in [5.74, 6) is -0.865. The highest BCUT2D eigenvalue weighted by Gasteiger charge is 2.29. The molecular formula is C27H29NO7. The van der Waals surface area contributed by atoms with E-state index in [1.165, 1.54) is 19.4 Å². The van der Waals surface area contributed by atoms with Crippen LogP contribution in [0.3, 0.4) is 0 Å². The Balaban J connectivity index is 1.67. The Morgan fingerprint density at radius 2 is 1.57 bits per heavy atom. The minimum atomic E-state index is -0.793. The molecule has 1 N–H and O–H groups in total. The van der Waals surface area contributed by atoms with Crippen molar-refractivity contribution in [3.05, 3.63) is 78.6 Å². The maximum absolute atomic E-state index is 12.9. The molecule has 1 aromatic heterocycles. The molecule has 3 aromatic rings. The Kier molecular flexibility index (Phi) is 9.06. The first-order valence-corrected chi connectivity index (χ1v) is 11.2. The van der Waals surface area contributed by atoms with Crippen LogP contribution in [-0.4, -0.2) is 47.8 Å². The number of hydrogen-bond acceptors (Lipinski definition) is 8. The van der Waals surface area contributed by atoms with E-state index >= 15 is 0 Å². The number of para-hydroxylation sites is 2. The van der Waals surface area contributed by atoms with Gasteiger partial charge in [0, 0.05) is 18.7 Å². The molecule has 0 aliphatic rings. The molecule has 1 heterocycles. The molecule has 8 nitrogen and oxygen atoms in total. The third kappa shape index (κ3) is 7.20. The highest BCUT2D eigenvalue weighted by Crippen LogP contribution is 2.29. The molecule has 0 amide bonds. The number of ether oxygens (including phenoxy) is 4. The third-order valence-corrected chi connectivity index (χ3v) is 5.28. The van der Waals surface area contributed by atoms with E-state index in [-0.39, 0.29) is 30.2 Å². The van der Waals surface area contributed by atoms with E-state index in [0.717, 1.165) is 0 Å².